The monoisotopic (exact) mass is 536 g/mol. The molecule has 0 saturated carbocycles. The van der Waals surface area contributed by atoms with Crippen LogP contribution in [0.3, 0.4) is 0 Å². The quantitative estimate of drug-likeness (QED) is 0.214. The number of hydrogen-bond donors (Lipinski definition) is 2. The molecule has 2 N–H and O–H groups in total. The highest BCUT2D eigenvalue weighted by molar-refractivity contribution is 5.71. The summed E-state index contributed by atoms with van der Waals surface area (Å²) < 4.78 is 37.3. The Labute approximate surface area is 214 Å². The third-order valence-corrected chi connectivity index (χ3v) is 5.04. The van der Waals surface area contributed by atoms with Gasteiger partial charge in [0.1, 0.15) is 31.5 Å². The van der Waals surface area contributed by atoms with Crippen LogP contribution in [0.15, 0.2) is 0 Å². The lowest BCUT2D eigenvalue weighted by Gasteiger charge is -2.44. The summed E-state index contributed by atoms with van der Waals surface area (Å²) in [5.74, 6) is -3.49. The van der Waals surface area contributed by atoms with E-state index in [9.17, 15) is 34.2 Å². The second kappa shape index (κ2) is 16.1. The summed E-state index contributed by atoms with van der Waals surface area (Å²) in [6.07, 6.45) is -10.1. The van der Waals surface area contributed by atoms with E-state index < -0.39 is 92.6 Å². The van der Waals surface area contributed by atoms with Crippen molar-refractivity contribution in [1.29, 1.82) is 0 Å². The molecule has 0 bridgehead atoms. The molecule has 14 nitrogen and oxygen atoms in total. The number of hydrogen-bond acceptors (Lipinski definition) is 14. The zero-order valence-corrected chi connectivity index (χ0v) is 21.6. The van der Waals surface area contributed by atoms with E-state index in [1.54, 1.807) is 6.92 Å². The van der Waals surface area contributed by atoms with Gasteiger partial charge in [0, 0.05) is 33.1 Å². The third-order valence-electron chi connectivity index (χ3n) is 5.04. The molecular weight excluding hydrogens is 500 g/mol. The summed E-state index contributed by atoms with van der Waals surface area (Å²) >= 11 is 0. The number of carbonyl (C=O) groups is 5. The minimum Gasteiger partial charge on any atom is -0.463 e. The minimum absolute atomic E-state index is 0.0693. The lowest BCUT2D eigenvalue weighted by Crippen LogP contribution is -2.63. The summed E-state index contributed by atoms with van der Waals surface area (Å²) in [5.41, 5.74) is 0. The zero-order chi connectivity index (χ0) is 28.1. The molecule has 0 amide bonds. The van der Waals surface area contributed by atoms with Crippen LogP contribution >= 0.6 is 0 Å². The zero-order valence-electron chi connectivity index (χ0n) is 21.6. The molecule has 1 saturated heterocycles. The van der Waals surface area contributed by atoms with Gasteiger partial charge in [-0.25, -0.2) is 0 Å². The van der Waals surface area contributed by atoms with Gasteiger partial charge in [0.2, 0.25) is 0 Å². The maximum absolute atomic E-state index is 12.2. The molecule has 0 radical (unpaired) electrons. The molecule has 0 aromatic rings. The molecule has 0 aliphatic carbocycles. The van der Waals surface area contributed by atoms with E-state index in [0.717, 1.165) is 13.8 Å². The summed E-state index contributed by atoms with van der Waals surface area (Å²) in [6, 6.07) is 0. The van der Waals surface area contributed by atoms with Crippen molar-refractivity contribution in [3.05, 3.63) is 0 Å². The Balaban J connectivity index is 3.23. The number of aliphatic hydroxyl groups excluding tert-OH is 2. The lowest BCUT2D eigenvalue weighted by molar-refractivity contribution is -0.312. The second-order valence-corrected chi connectivity index (χ2v) is 8.04. The topological polar surface area (TPSA) is 190 Å². The Hall–Kier alpha value is -2.81. The van der Waals surface area contributed by atoms with Gasteiger partial charge in [0.05, 0.1) is 6.61 Å². The molecule has 1 aliphatic rings. The van der Waals surface area contributed by atoms with Crippen LogP contribution in [0.25, 0.3) is 0 Å². The standard InChI is InChI=1S/C23H36O14/c1-6-17(28)32-9-14(26)15(27)10-33-23-22(37-19(30)8-3)21(36-18(29)7-2)20(34-13(5)25)16(35-23)11-31-12(4)24/h14-16,20-23,26-27H,6-11H2,1-5H3/t14-,15+,16?,20+,21-,22+,23?/m0/s1. The van der Waals surface area contributed by atoms with Crippen molar-refractivity contribution < 1.29 is 67.3 Å². The molecule has 0 spiro atoms. The number of rotatable bonds is 14. The molecular formula is C23H36O14. The van der Waals surface area contributed by atoms with Gasteiger partial charge < -0.3 is 43.4 Å². The first-order valence-corrected chi connectivity index (χ1v) is 11.9. The molecule has 2 unspecified atom stereocenters. The Morgan fingerprint density at radius 2 is 1.24 bits per heavy atom. The fraction of sp³-hybridized carbons (Fsp3) is 0.783. The van der Waals surface area contributed by atoms with Gasteiger partial charge in [0.15, 0.2) is 24.6 Å². The predicted molar refractivity (Wildman–Crippen MR) is 120 cm³/mol. The Kier molecular flexibility index (Phi) is 14.0. The smallest absolute Gasteiger partial charge is 0.306 e. The molecule has 37 heavy (non-hydrogen) atoms. The summed E-state index contributed by atoms with van der Waals surface area (Å²) in [6.45, 7) is 5.29. The van der Waals surface area contributed by atoms with Crippen LogP contribution in [-0.4, -0.2) is 103 Å². The molecule has 1 rings (SSSR count). The van der Waals surface area contributed by atoms with Gasteiger partial charge in [0.25, 0.3) is 0 Å². The summed E-state index contributed by atoms with van der Waals surface area (Å²) in [7, 11) is 0. The maximum atomic E-state index is 12.2. The van der Waals surface area contributed by atoms with Crippen molar-refractivity contribution in [3.8, 4) is 0 Å². The fourth-order valence-corrected chi connectivity index (χ4v) is 3.11. The number of carbonyl (C=O) groups excluding carboxylic acids is 5. The molecule has 0 aromatic carbocycles. The van der Waals surface area contributed by atoms with E-state index in [4.69, 9.17) is 33.2 Å². The van der Waals surface area contributed by atoms with E-state index in [2.05, 4.69) is 0 Å². The average molecular weight is 537 g/mol. The van der Waals surface area contributed by atoms with Crippen molar-refractivity contribution >= 4 is 29.8 Å². The fourth-order valence-electron chi connectivity index (χ4n) is 3.11. The first kappa shape index (κ1) is 32.2. The van der Waals surface area contributed by atoms with E-state index in [1.807, 2.05) is 0 Å². The predicted octanol–water partition coefficient (Wildman–Crippen LogP) is -0.459. The number of ether oxygens (including phenoxy) is 7. The number of esters is 5. The van der Waals surface area contributed by atoms with Gasteiger partial charge in [-0.3, -0.25) is 24.0 Å². The van der Waals surface area contributed by atoms with Crippen LogP contribution in [0.5, 0.6) is 0 Å². The largest absolute Gasteiger partial charge is 0.463 e. The van der Waals surface area contributed by atoms with Crippen LogP contribution < -0.4 is 0 Å². The van der Waals surface area contributed by atoms with Crippen molar-refractivity contribution in [1.82, 2.24) is 0 Å². The van der Waals surface area contributed by atoms with Crippen LogP contribution in [0.2, 0.25) is 0 Å². The maximum Gasteiger partial charge on any atom is 0.306 e. The van der Waals surface area contributed by atoms with Gasteiger partial charge >= 0.3 is 29.8 Å². The van der Waals surface area contributed by atoms with E-state index in [0.29, 0.717) is 0 Å². The SMILES string of the molecule is CCC(=O)OC[C@H](O)[C@H](O)COC1OC(COC(C)=O)[C@@H](OC(C)=O)[C@H](OC(=O)CC)[C@H]1OC(=O)CC. The normalized spacial score (nSPS) is 24.8. The Morgan fingerprint density at radius 3 is 1.76 bits per heavy atom. The summed E-state index contributed by atoms with van der Waals surface area (Å²) in [4.78, 5) is 58.9. The van der Waals surface area contributed by atoms with Crippen LogP contribution in [0.4, 0.5) is 0 Å². The molecule has 7 atom stereocenters. The van der Waals surface area contributed by atoms with E-state index >= 15 is 0 Å². The molecule has 1 fully saturated rings. The van der Waals surface area contributed by atoms with E-state index in [1.165, 1.54) is 13.8 Å². The van der Waals surface area contributed by atoms with Gasteiger partial charge in [-0.15, -0.1) is 0 Å². The number of aliphatic hydroxyl groups is 2. The lowest BCUT2D eigenvalue weighted by atomic mass is 9.98. The highest BCUT2D eigenvalue weighted by Gasteiger charge is 2.53. The van der Waals surface area contributed by atoms with Crippen LogP contribution in [-0.2, 0) is 57.1 Å². The van der Waals surface area contributed by atoms with Crippen molar-refractivity contribution in [2.75, 3.05) is 19.8 Å². The van der Waals surface area contributed by atoms with Gasteiger partial charge in [-0.1, -0.05) is 20.8 Å². The first-order chi connectivity index (χ1) is 17.4. The first-order valence-electron chi connectivity index (χ1n) is 11.9. The van der Waals surface area contributed by atoms with Crippen molar-refractivity contribution in [3.63, 3.8) is 0 Å². The molecule has 14 heteroatoms. The highest BCUT2D eigenvalue weighted by Crippen LogP contribution is 2.30. The summed E-state index contributed by atoms with van der Waals surface area (Å²) in [5, 5.41) is 20.3. The molecule has 212 valence electrons. The highest BCUT2D eigenvalue weighted by atomic mass is 16.7. The Bertz CT molecular complexity index is 783. The average Bonchev–Trinajstić information content (AvgIpc) is 2.86. The minimum atomic E-state index is -1.56. The molecule has 0 aromatic heterocycles. The second-order valence-electron chi connectivity index (χ2n) is 8.04. The van der Waals surface area contributed by atoms with Crippen molar-refractivity contribution in [2.24, 2.45) is 0 Å². The van der Waals surface area contributed by atoms with E-state index in [-0.39, 0.29) is 19.3 Å². The van der Waals surface area contributed by atoms with Crippen LogP contribution in [0, 0.1) is 0 Å². The van der Waals surface area contributed by atoms with Crippen molar-refractivity contribution in [2.45, 2.75) is 96.8 Å². The molecule has 1 heterocycles. The third kappa shape index (κ3) is 11.0. The molecule has 1 aliphatic heterocycles. The van der Waals surface area contributed by atoms with Gasteiger partial charge in [-0.05, 0) is 0 Å². The van der Waals surface area contributed by atoms with Gasteiger partial charge in [-0.2, -0.15) is 0 Å². The Morgan fingerprint density at radius 1 is 0.703 bits per heavy atom. The van der Waals surface area contributed by atoms with Crippen LogP contribution in [0.1, 0.15) is 53.9 Å².